The lowest BCUT2D eigenvalue weighted by Gasteiger charge is -1.99. The zero-order valence-electron chi connectivity index (χ0n) is 6.95. The molecule has 0 aliphatic heterocycles. The van der Waals surface area contributed by atoms with Crippen molar-refractivity contribution in [2.45, 2.75) is 13.3 Å². The van der Waals surface area contributed by atoms with Crippen molar-refractivity contribution < 1.29 is 4.79 Å². The number of nitrogens with one attached hydrogen (secondary N) is 1. The van der Waals surface area contributed by atoms with Crippen LogP contribution in [-0.4, -0.2) is 22.4 Å². The number of nitrogens with zero attached hydrogens (tertiary/aromatic N) is 2. The molecule has 0 atom stereocenters. The highest BCUT2D eigenvalue weighted by Gasteiger charge is 2.02. The minimum atomic E-state index is -0.0382. The molecule has 1 heterocycles. The summed E-state index contributed by atoms with van der Waals surface area (Å²) < 4.78 is 0. The minimum absolute atomic E-state index is 0.0382. The zero-order valence-corrected chi connectivity index (χ0v) is 6.95. The molecule has 0 unspecified atom stereocenters. The van der Waals surface area contributed by atoms with Gasteiger partial charge in [0.1, 0.15) is 5.82 Å². The number of likely N-dealkylation sites (N-methyl/N-ethyl adjacent to an activating group) is 1. The quantitative estimate of drug-likeness (QED) is 0.693. The van der Waals surface area contributed by atoms with E-state index in [0.29, 0.717) is 12.4 Å². The molecule has 0 aromatic carbocycles. The highest BCUT2D eigenvalue weighted by atomic mass is 16.1. The monoisotopic (exact) mass is 165 g/mol. The number of carbonyl (C=O) groups is 1. The van der Waals surface area contributed by atoms with Crippen LogP contribution in [0.1, 0.15) is 12.7 Å². The molecule has 0 saturated heterocycles. The topological polar surface area (TPSA) is 54.9 Å². The normalized spacial score (nSPS) is 9.42. The fourth-order valence-corrected chi connectivity index (χ4v) is 0.825. The summed E-state index contributed by atoms with van der Waals surface area (Å²) in [5, 5.41) is 2.68. The molecule has 64 valence electrons. The highest BCUT2D eigenvalue weighted by Crippen LogP contribution is 1.88. The SMILES string of the molecule is CCNC(=O)Cc1ncccn1. The van der Waals surface area contributed by atoms with Gasteiger partial charge in [-0.1, -0.05) is 0 Å². The first-order valence-corrected chi connectivity index (χ1v) is 3.85. The lowest BCUT2D eigenvalue weighted by atomic mass is 10.3. The van der Waals surface area contributed by atoms with Crippen LogP contribution in [0.15, 0.2) is 18.5 Å². The number of aromatic nitrogens is 2. The summed E-state index contributed by atoms with van der Waals surface area (Å²) in [4.78, 5) is 18.9. The second-order valence-corrected chi connectivity index (χ2v) is 2.30. The Morgan fingerprint density at radius 2 is 2.17 bits per heavy atom. The van der Waals surface area contributed by atoms with Gasteiger partial charge in [0.05, 0.1) is 6.42 Å². The molecule has 0 spiro atoms. The minimum Gasteiger partial charge on any atom is -0.356 e. The van der Waals surface area contributed by atoms with Gasteiger partial charge in [0.15, 0.2) is 0 Å². The molecule has 0 aliphatic rings. The predicted molar refractivity (Wildman–Crippen MR) is 44.4 cm³/mol. The van der Waals surface area contributed by atoms with Gasteiger partial charge in [-0.3, -0.25) is 4.79 Å². The Bertz CT molecular complexity index is 248. The summed E-state index contributed by atoms with van der Waals surface area (Å²) in [6.45, 7) is 2.52. The summed E-state index contributed by atoms with van der Waals surface area (Å²) >= 11 is 0. The Morgan fingerprint density at radius 1 is 1.50 bits per heavy atom. The second-order valence-electron chi connectivity index (χ2n) is 2.30. The van der Waals surface area contributed by atoms with E-state index in [-0.39, 0.29) is 12.3 Å². The van der Waals surface area contributed by atoms with E-state index in [2.05, 4.69) is 15.3 Å². The Hall–Kier alpha value is -1.45. The standard InChI is InChI=1S/C8H11N3O/c1-2-9-8(12)6-7-10-4-3-5-11-7/h3-5H,2,6H2,1H3,(H,9,12). The van der Waals surface area contributed by atoms with Crippen molar-refractivity contribution in [1.29, 1.82) is 0 Å². The van der Waals surface area contributed by atoms with Crippen molar-refractivity contribution >= 4 is 5.91 Å². The molecule has 4 nitrogen and oxygen atoms in total. The van der Waals surface area contributed by atoms with E-state index in [1.54, 1.807) is 18.5 Å². The molecule has 4 heteroatoms. The first kappa shape index (κ1) is 8.64. The molecule has 1 rings (SSSR count). The molecular formula is C8H11N3O. The summed E-state index contributed by atoms with van der Waals surface area (Å²) in [6.07, 6.45) is 3.51. The molecule has 1 aromatic heterocycles. The average molecular weight is 165 g/mol. The third-order valence-corrected chi connectivity index (χ3v) is 1.31. The van der Waals surface area contributed by atoms with Gasteiger partial charge in [0.25, 0.3) is 0 Å². The van der Waals surface area contributed by atoms with Crippen LogP contribution in [0.4, 0.5) is 0 Å². The van der Waals surface area contributed by atoms with Crippen molar-refractivity contribution in [3.63, 3.8) is 0 Å². The van der Waals surface area contributed by atoms with Gasteiger partial charge in [-0.05, 0) is 13.0 Å². The van der Waals surface area contributed by atoms with E-state index in [9.17, 15) is 4.79 Å². The molecule has 1 amide bonds. The number of rotatable bonds is 3. The number of amides is 1. The maximum atomic E-state index is 11.0. The Kier molecular flexibility index (Phi) is 3.19. The molecule has 0 bridgehead atoms. The van der Waals surface area contributed by atoms with Crippen LogP contribution in [0.5, 0.6) is 0 Å². The van der Waals surface area contributed by atoms with Gasteiger partial charge in [-0.15, -0.1) is 0 Å². The molecule has 12 heavy (non-hydrogen) atoms. The summed E-state index contributed by atoms with van der Waals surface area (Å²) in [5.74, 6) is 0.521. The van der Waals surface area contributed by atoms with Gasteiger partial charge < -0.3 is 5.32 Å². The van der Waals surface area contributed by atoms with E-state index in [4.69, 9.17) is 0 Å². The van der Waals surface area contributed by atoms with Gasteiger partial charge in [0.2, 0.25) is 5.91 Å². The maximum Gasteiger partial charge on any atom is 0.227 e. The smallest absolute Gasteiger partial charge is 0.227 e. The van der Waals surface area contributed by atoms with Gasteiger partial charge in [-0.2, -0.15) is 0 Å². The molecule has 0 aliphatic carbocycles. The van der Waals surface area contributed by atoms with Crippen LogP contribution in [0.2, 0.25) is 0 Å². The fraction of sp³-hybridized carbons (Fsp3) is 0.375. The third-order valence-electron chi connectivity index (χ3n) is 1.31. The maximum absolute atomic E-state index is 11.0. The third kappa shape index (κ3) is 2.65. The van der Waals surface area contributed by atoms with E-state index in [1.807, 2.05) is 6.92 Å². The molecule has 1 aromatic rings. The van der Waals surface area contributed by atoms with Crippen molar-refractivity contribution in [2.24, 2.45) is 0 Å². The van der Waals surface area contributed by atoms with Gasteiger partial charge >= 0.3 is 0 Å². The van der Waals surface area contributed by atoms with Gasteiger partial charge in [0, 0.05) is 18.9 Å². The van der Waals surface area contributed by atoms with Crippen LogP contribution in [0, 0.1) is 0 Å². The summed E-state index contributed by atoms with van der Waals surface area (Å²) in [5.41, 5.74) is 0. The van der Waals surface area contributed by atoms with E-state index in [0.717, 1.165) is 0 Å². The molecule has 0 saturated carbocycles. The van der Waals surface area contributed by atoms with E-state index >= 15 is 0 Å². The Labute approximate surface area is 71.0 Å². The number of hydrogen-bond acceptors (Lipinski definition) is 3. The van der Waals surface area contributed by atoms with Crippen molar-refractivity contribution in [2.75, 3.05) is 6.54 Å². The van der Waals surface area contributed by atoms with E-state index < -0.39 is 0 Å². The molecule has 0 radical (unpaired) electrons. The van der Waals surface area contributed by atoms with Crippen LogP contribution in [0.25, 0.3) is 0 Å². The first-order valence-electron chi connectivity index (χ1n) is 3.85. The number of carbonyl (C=O) groups excluding carboxylic acids is 1. The largest absolute Gasteiger partial charge is 0.356 e. The molecule has 0 fully saturated rings. The summed E-state index contributed by atoms with van der Waals surface area (Å²) in [7, 11) is 0. The van der Waals surface area contributed by atoms with Crippen LogP contribution < -0.4 is 5.32 Å². The van der Waals surface area contributed by atoms with E-state index in [1.165, 1.54) is 0 Å². The Balaban J connectivity index is 2.47. The first-order chi connectivity index (χ1) is 5.83. The van der Waals surface area contributed by atoms with Crippen LogP contribution in [-0.2, 0) is 11.2 Å². The molecular weight excluding hydrogens is 154 g/mol. The van der Waals surface area contributed by atoms with Crippen molar-refractivity contribution in [3.05, 3.63) is 24.3 Å². The lowest BCUT2D eigenvalue weighted by molar-refractivity contribution is -0.120. The van der Waals surface area contributed by atoms with Crippen molar-refractivity contribution in [1.82, 2.24) is 15.3 Å². The fourth-order valence-electron chi connectivity index (χ4n) is 0.825. The predicted octanol–water partition coefficient (Wildman–Crippen LogP) is 0.155. The highest BCUT2D eigenvalue weighted by molar-refractivity contribution is 5.77. The van der Waals surface area contributed by atoms with Crippen LogP contribution in [0.3, 0.4) is 0 Å². The molecule has 1 N–H and O–H groups in total. The lowest BCUT2D eigenvalue weighted by Crippen LogP contribution is -2.25. The number of hydrogen-bond donors (Lipinski definition) is 1. The Morgan fingerprint density at radius 3 is 2.75 bits per heavy atom. The van der Waals surface area contributed by atoms with Crippen LogP contribution >= 0.6 is 0 Å². The van der Waals surface area contributed by atoms with Gasteiger partial charge in [-0.25, -0.2) is 9.97 Å². The summed E-state index contributed by atoms with van der Waals surface area (Å²) in [6, 6.07) is 1.72. The average Bonchev–Trinajstić information content (AvgIpc) is 2.06. The zero-order chi connectivity index (χ0) is 8.81. The second kappa shape index (κ2) is 4.43. The van der Waals surface area contributed by atoms with Crippen molar-refractivity contribution in [3.8, 4) is 0 Å².